The predicted octanol–water partition coefficient (Wildman–Crippen LogP) is 2.64. The number of ether oxygens (including phenoxy) is 1. The summed E-state index contributed by atoms with van der Waals surface area (Å²) in [5, 5.41) is 8.25. The number of aromatic nitrogens is 3. The molecule has 6 nitrogen and oxygen atoms in total. The van der Waals surface area contributed by atoms with E-state index in [-0.39, 0.29) is 10.8 Å². The van der Waals surface area contributed by atoms with Gasteiger partial charge in [0.25, 0.3) is 5.91 Å². The van der Waals surface area contributed by atoms with Gasteiger partial charge in [0.2, 0.25) is 11.8 Å². The van der Waals surface area contributed by atoms with Crippen LogP contribution in [0.5, 0.6) is 5.75 Å². The van der Waals surface area contributed by atoms with E-state index >= 15 is 0 Å². The molecule has 0 unspecified atom stereocenters. The quantitative estimate of drug-likeness (QED) is 0.859. The Bertz CT molecular complexity index is 732. The Morgan fingerprint density at radius 3 is 2.65 bits per heavy atom. The fourth-order valence-corrected chi connectivity index (χ4v) is 1.80. The van der Waals surface area contributed by atoms with Crippen LogP contribution in [0.1, 0.15) is 5.82 Å². The molecule has 23 heavy (non-hydrogen) atoms. The smallest absolute Gasteiger partial charge is 0.451 e. The Balaban J connectivity index is 1.99. The summed E-state index contributed by atoms with van der Waals surface area (Å²) < 4.78 is 56.1. The monoisotopic (exact) mass is 352 g/mol. The second-order valence-corrected chi connectivity index (χ2v) is 4.72. The summed E-state index contributed by atoms with van der Waals surface area (Å²) in [5.74, 6) is -2.95. The Kier molecular flexibility index (Phi) is 4.73. The molecule has 1 heterocycles. The van der Waals surface area contributed by atoms with Gasteiger partial charge in [-0.05, 0) is 18.2 Å². The lowest BCUT2D eigenvalue weighted by Gasteiger charge is -2.09. The van der Waals surface area contributed by atoms with Crippen LogP contribution in [0.4, 0.5) is 23.5 Å². The number of nitrogens with one attached hydrogen (secondary N) is 1. The number of alkyl halides is 3. The van der Waals surface area contributed by atoms with Crippen molar-refractivity contribution in [3.8, 4) is 5.75 Å². The van der Waals surface area contributed by atoms with E-state index in [9.17, 15) is 22.4 Å². The number of rotatable bonds is 4. The van der Waals surface area contributed by atoms with Crippen LogP contribution in [0.3, 0.4) is 0 Å². The highest BCUT2D eigenvalue weighted by Gasteiger charge is 2.37. The van der Waals surface area contributed by atoms with Gasteiger partial charge in [0, 0.05) is 7.05 Å². The van der Waals surface area contributed by atoms with Crippen LogP contribution < -0.4 is 10.1 Å². The molecule has 1 aromatic carbocycles. The molecule has 1 N–H and O–H groups in total. The highest BCUT2D eigenvalue weighted by molar-refractivity contribution is 6.32. The molecule has 0 atom stereocenters. The lowest BCUT2D eigenvalue weighted by Crippen LogP contribution is -2.23. The first-order valence-corrected chi connectivity index (χ1v) is 6.40. The Morgan fingerprint density at radius 1 is 1.39 bits per heavy atom. The Morgan fingerprint density at radius 2 is 2.09 bits per heavy atom. The Labute approximate surface area is 132 Å². The van der Waals surface area contributed by atoms with Crippen LogP contribution in [0.25, 0.3) is 0 Å². The number of carbonyl (C=O) groups excluding carboxylic acids is 1. The number of hydrogen-bond acceptors (Lipinski definition) is 4. The summed E-state index contributed by atoms with van der Waals surface area (Å²) in [7, 11) is 1.05. The van der Waals surface area contributed by atoms with Gasteiger partial charge in [-0.15, -0.1) is 10.2 Å². The number of hydrogen-bond donors (Lipinski definition) is 1. The summed E-state index contributed by atoms with van der Waals surface area (Å²) in [4.78, 5) is 11.7. The molecule has 0 radical (unpaired) electrons. The van der Waals surface area contributed by atoms with Crippen LogP contribution >= 0.6 is 11.6 Å². The topological polar surface area (TPSA) is 69.0 Å². The highest BCUT2D eigenvalue weighted by atomic mass is 35.5. The number of amides is 1. The molecule has 0 saturated carbocycles. The fraction of sp³-hybridized carbons (Fsp3) is 0.250. The molecule has 2 aromatic rings. The van der Waals surface area contributed by atoms with Gasteiger partial charge in [0.1, 0.15) is 11.6 Å². The van der Waals surface area contributed by atoms with Crippen molar-refractivity contribution >= 4 is 23.5 Å². The van der Waals surface area contributed by atoms with Crippen molar-refractivity contribution in [1.29, 1.82) is 0 Å². The van der Waals surface area contributed by atoms with Crippen LogP contribution in [0, 0.1) is 5.82 Å². The van der Waals surface area contributed by atoms with Gasteiger partial charge in [-0.25, -0.2) is 4.39 Å². The number of benzene rings is 1. The van der Waals surface area contributed by atoms with Gasteiger partial charge in [-0.2, -0.15) is 13.2 Å². The van der Waals surface area contributed by atoms with Crippen molar-refractivity contribution in [3.05, 3.63) is 34.9 Å². The Hall–Kier alpha value is -2.36. The third-order valence-corrected chi connectivity index (χ3v) is 2.93. The lowest BCUT2D eigenvalue weighted by molar-refractivity contribution is -0.147. The van der Waals surface area contributed by atoms with Gasteiger partial charge in [-0.3, -0.25) is 14.7 Å². The lowest BCUT2D eigenvalue weighted by atomic mass is 10.3. The van der Waals surface area contributed by atoms with E-state index in [0.717, 1.165) is 19.2 Å². The second-order valence-electron chi connectivity index (χ2n) is 4.32. The molecule has 124 valence electrons. The first-order chi connectivity index (χ1) is 10.7. The zero-order chi connectivity index (χ0) is 17.2. The molecular formula is C12H9ClF4N4O2. The van der Waals surface area contributed by atoms with Gasteiger partial charge in [0.05, 0.1) is 5.02 Å². The normalized spacial score (nSPS) is 11.4. The molecule has 2 rings (SSSR count). The minimum atomic E-state index is -4.69. The SMILES string of the molecule is Cn1c(NC(=O)COc2ccc(F)cc2Cl)nnc1C(F)(F)F. The first kappa shape index (κ1) is 17.0. The van der Waals surface area contributed by atoms with Gasteiger partial charge < -0.3 is 4.74 Å². The molecule has 1 amide bonds. The highest BCUT2D eigenvalue weighted by Crippen LogP contribution is 2.28. The van der Waals surface area contributed by atoms with E-state index in [1.807, 2.05) is 0 Å². The minimum Gasteiger partial charge on any atom is -0.482 e. The van der Waals surface area contributed by atoms with E-state index in [0.29, 0.717) is 4.57 Å². The standard InChI is InChI=1S/C12H9ClF4N4O2/c1-21-10(12(15,16)17)19-20-11(21)18-9(22)5-23-8-3-2-6(14)4-7(8)13/h2-4H,5H2,1H3,(H,18,20,22). The summed E-state index contributed by atoms with van der Waals surface area (Å²) in [5.41, 5.74) is 0. The molecular weight excluding hydrogens is 344 g/mol. The summed E-state index contributed by atoms with van der Waals surface area (Å²) in [6.45, 7) is -0.556. The van der Waals surface area contributed by atoms with E-state index in [1.54, 1.807) is 0 Å². The largest absolute Gasteiger partial charge is 0.482 e. The van der Waals surface area contributed by atoms with Crippen molar-refractivity contribution in [2.24, 2.45) is 7.05 Å². The predicted molar refractivity (Wildman–Crippen MR) is 71.5 cm³/mol. The molecule has 1 aromatic heterocycles. The van der Waals surface area contributed by atoms with Crippen molar-refractivity contribution < 1.29 is 27.1 Å². The average Bonchev–Trinajstić information content (AvgIpc) is 2.79. The van der Waals surface area contributed by atoms with Crippen LogP contribution in [0.15, 0.2) is 18.2 Å². The molecule has 0 fully saturated rings. The van der Waals surface area contributed by atoms with E-state index in [4.69, 9.17) is 16.3 Å². The average molecular weight is 353 g/mol. The molecule has 0 saturated heterocycles. The van der Waals surface area contributed by atoms with E-state index < -0.39 is 36.3 Å². The van der Waals surface area contributed by atoms with Crippen LogP contribution in [-0.4, -0.2) is 27.3 Å². The second kappa shape index (κ2) is 6.41. The van der Waals surface area contributed by atoms with Gasteiger partial charge >= 0.3 is 6.18 Å². The summed E-state index contributed by atoms with van der Waals surface area (Å²) in [6, 6.07) is 3.29. The fourth-order valence-electron chi connectivity index (χ4n) is 1.58. The number of halogens is 5. The maximum Gasteiger partial charge on any atom is 0.451 e. The molecule has 11 heteroatoms. The van der Waals surface area contributed by atoms with Gasteiger partial charge in [0.15, 0.2) is 6.61 Å². The minimum absolute atomic E-state index is 0.0455. The first-order valence-electron chi connectivity index (χ1n) is 6.03. The van der Waals surface area contributed by atoms with E-state index in [2.05, 4.69) is 15.5 Å². The van der Waals surface area contributed by atoms with Crippen molar-refractivity contribution in [1.82, 2.24) is 14.8 Å². The number of carbonyl (C=O) groups is 1. The summed E-state index contributed by atoms with van der Waals surface area (Å²) in [6.07, 6.45) is -4.69. The number of nitrogens with zero attached hydrogens (tertiary/aromatic N) is 3. The third kappa shape index (κ3) is 4.09. The molecule has 0 bridgehead atoms. The van der Waals surface area contributed by atoms with Crippen molar-refractivity contribution in [3.63, 3.8) is 0 Å². The molecule has 0 aliphatic heterocycles. The van der Waals surface area contributed by atoms with Crippen LogP contribution in [-0.2, 0) is 18.0 Å². The number of anilines is 1. The molecule has 0 aliphatic carbocycles. The zero-order valence-corrected chi connectivity index (χ0v) is 12.2. The van der Waals surface area contributed by atoms with Gasteiger partial charge in [-0.1, -0.05) is 11.6 Å². The molecule has 0 spiro atoms. The van der Waals surface area contributed by atoms with Crippen molar-refractivity contribution in [2.45, 2.75) is 6.18 Å². The van der Waals surface area contributed by atoms with E-state index in [1.165, 1.54) is 6.07 Å². The maximum atomic E-state index is 12.8. The van der Waals surface area contributed by atoms with Crippen LogP contribution in [0.2, 0.25) is 5.02 Å². The zero-order valence-electron chi connectivity index (χ0n) is 11.5. The maximum absolute atomic E-state index is 12.8. The summed E-state index contributed by atoms with van der Waals surface area (Å²) >= 11 is 5.70. The van der Waals surface area contributed by atoms with Crippen molar-refractivity contribution in [2.75, 3.05) is 11.9 Å². The third-order valence-electron chi connectivity index (χ3n) is 2.63. The molecule has 0 aliphatic rings.